The standard InChI is InChI=1S/C55H33N3O/c1-3-16-35(17-4-1)46-33-48-47-32-38(29-30-49(47)59-52(48)45-26-14-9-21-40(45)46)50-41-22-10-12-24-43(41)51(44-25-13-11-23-42(44)50)55-57-53(36-18-5-2-6-19-36)56-54(58-55)39-28-27-34-15-7-8-20-37(34)31-39/h1-33H. The molecule has 12 rings (SSSR count). The molecule has 2 heterocycles. The van der Waals surface area contributed by atoms with Crippen LogP contribution in [0.3, 0.4) is 0 Å². The molecule has 2 aromatic heterocycles. The molecule has 0 saturated carbocycles. The second-order valence-corrected chi connectivity index (χ2v) is 15.1. The predicted octanol–water partition coefficient (Wildman–Crippen LogP) is 14.7. The lowest BCUT2D eigenvalue weighted by molar-refractivity contribution is 0.673. The zero-order valence-corrected chi connectivity index (χ0v) is 31.8. The molecule has 274 valence electrons. The van der Waals surface area contributed by atoms with Crippen LogP contribution in [0.15, 0.2) is 205 Å². The summed E-state index contributed by atoms with van der Waals surface area (Å²) in [5, 5.41) is 11.2. The van der Waals surface area contributed by atoms with Gasteiger partial charge in [0.1, 0.15) is 11.2 Å². The molecular weight excluding hydrogens is 719 g/mol. The summed E-state index contributed by atoms with van der Waals surface area (Å²) in [6.07, 6.45) is 0. The molecule has 4 nitrogen and oxygen atoms in total. The quantitative estimate of drug-likeness (QED) is 0.164. The van der Waals surface area contributed by atoms with E-state index in [9.17, 15) is 0 Å². The topological polar surface area (TPSA) is 51.8 Å². The Kier molecular flexibility index (Phi) is 7.50. The van der Waals surface area contributed by atoms with E-state index in [1.54, 1.807) is 0 Å². The van der Waals surface area contributed by atoms with Gasteiger partial charge in [0.05, 0.1) is 0 Å². The van der Waals surface area contributed by atoms with Crippen LogP contribution in [0.1, 0.15) is 0 Å². The van der Waals surface area contributed by atoms with Gasteiger partial charge in [-0.2, -0.15) is 0 Å². The number of fused-ring (bicyclic) bond motifs is 8. The summed E-state index contributed by atoms with van der Waals surface area (Å²) in [4.78, 5) is 15.6. The lowest BCUT2D eigenvalue weighted by Gasteiger charge is -2.17. The molecule has 0 bridgehead atoms. The van der Waals surface area contributed by atoms with Gasteiger partial charge in [0.15, 0.2) is 17.5 Å². The molecule has 0 aliphatic carbocycles. The van der Waals surface area contributed by atoms with E-state index in [2.05, 4.69) is 182 Å². The Morgan fingerprint density at radius 3 is 1.51 bits per heavy atom. The molecular formula is C55H33N3O. The van der Waals surface area contributed by atoms with Crippen LogP contribution in [0.5, 0.6) is 0 Å². The predicted molar refractivity (Wildman–Crippen MR) is 244 cm³/mol. The molecule has 0 atom stereocenters. The van der Waals surface area contributed by atoms with E-state index in [0.29, 0.717) is 17.5 Å². The van der Waals surface area contributed by atoms with Gasteiger partial charge in [-0.1, -0.05) is 176 Å². The van der Waals surface area contributed by atoms with E-state index in [1.165, 1.54) is 21.9 Å². The minimum absolute atomic E-state index is 0.635. The van der Waals surface area contributed by atoms with Gasteiger partial charge in [0.25, 0.3) is 0 Å². The van der Waals surface area contributed by atoms with Crippen LogP contribution in [0.2, 0.25) is 0 Å². The van der Waals surface area contributed by atoms with E-state index in [4.69, 9.17) is 19.4 Å². The third-order valence-electron chi connectivity index (χ3n) is 11.7. The SMILES string of the molecule is c1ccc(-c2nc(-c3ccc4ccccc4c3)nc(-c3c4ccccc4c(-c4ccc5oc6c7ccccc7c(-c7ccccc7)cc6c5c4)c4ccccc34)n2)cc1. The normalized spacial score (nSPS) is 11.7. The van der Waals surface area contributed by atoms with Gasteiger partial charge in [-0.15, -0.1) is 0 Å². The molecule has 4 heteroatoms. The van der Waals surface area contributed by atoms with Gasteiger partial charge in [0.2, 0.25) is 0 Å². The summed E-state index contributed by atoms with van der Waals surface area (Å²) in [6, 6.07) is 70.5. The summed E-state index contributed by atoms with van der Waals surface area (Å²) in [5.41, 5.74) is 9.28. The van der Waals surface area contributed by atoms with Gasteiger partial charge in [-0.3, -0.25) is 0 Å². The maximum Gasteiger partial charge on any atom is 0.165 e. The van der Waals surface area contributed by atoms with Crippen molar-refractivity contribution in [2.45, 2.75) is 0 Å². The van der Waals surface area contributed by atoms with Crippen molar-refractivity contribution in [1.29, 1.82) is 0 Å². The van der Waals surface area contributed by atoms with Crippen molar-refractivity contribution in [3.05, 3.63) is 200 Å². The number of hydrogen-bond donors (Lipinski definition) is 0. The highest BCUT2D eigenvalue weighted by Crippen LogP contribution is 2.46. The Bertz CT molecular complexity index is 3550. The molecule has 0 unspecified atom stereocenters. The number of aromatic nitrogens is 3. The number of hydrogen-bond acceptors (Lipinski definition) is 4. The van der Waals surface area contributed by atoms with Crippen molar-refractivity contribution in [3.8, 4) is 56.4 Å². The number of benzene rings is 10. The van der Waals surface area contributed by atoms with Crippen LogP contribution in [0.4, 0.5) is 0 Å². The minimum Gasteiger partial charge on any atom is -0.455 e. The van der Waals surface area contributed by atoms with Crippen LogP contribution < -0.4 is 0 Å². The second-order valence-electron chi connectivity index (χ2n) is 15.1. The maximum absolute atomic E-state index is 6.70. The van der Waals surface area contributed by atoms with E-state index >= 15 is 0 Å². The van der Waals surface area contributed by atoms with E-state index in [1.807, 2.05) is 18.2 Å². The first kappa shape index (κ1) is 33.2. The Balaban J connectivity index is 1.11. The summed E-state index contributed by atoms with van der Waals surface area (Å²) in [7, 11) is 0. The summed E-state index contributed by atoms with van der Waals surface area (Å²) in [6.45, 7) is 0. The zero-order chi connectivity index (χ0) is 38.9. The molecule has 12 aromatic rings. The molecule has 0 amide bonds. The second kappa shape index (κ2) is 13.3. The van der Waals surface area contributed by atoms with Crippen molar-refractivity contribution in [3.63, 3.8) is 0 Å². The maximum atomic E-state index is 6.70. The van der Waals surface area contributed by atoms with E-state index < -0.39 is 0 Å². The van der Waals surface area contributed by atoms with Gasteiger partial charge in [0, 0.05) is 32.8 Å². The van der Waals surface area contributed by atoms with E-state index in [0.717, 1.165) is 82.1 Å². The van der Waals surface area contributed by atoms with Crippen molar-refractivity contribution in [1.82, 2.24) is 15.0 Å². The summed E-state index contributed by atoms with van der Waals surface area (Å²) >= 11 is 0. The Hall–Kier alpha value is -7.95. The molecule has 10 aromatic carbocycles. The lowest BCUT2D eigenvalue weighted by Crippen LogP contribution is -2.01. The minimum atomic E-state index is 0.635. The highest BCUT2D eigenvalue weighted by atomic mass is 16.3. The van der Waals surface area contributed by atoms with Crippen LogP contribution in [-0.2, 0) is 0 Å². The fourth-order valence-corrected chi connectivity index (χ4v) is 8.95. The van der Waals surface area contributed by atoms with Crippen LogP contribution in [0.25, 0.3) is 121 Å². The molecule has 0 aliphatic heterocycles. The van der Waals surface area contributed by atoms with Crippen molar-refractivity contribution >= 4 is 65.0 Å². The molecule has 0 spiro atoms. The smallest absolute Gasteiger partial charge is 0.165 e. The number of rotatable bonds is 5. The average Bonchev–Trinajstić information content (AvgIpc) is 3.69. The highest BCUT2D eigenvalue weighted by Gasteiger charge is 2.22. The van der Waals surface area contributed by atoms with Crippen LogP contribution in [0, 0.1) is 0 Å². The third-order valence-corrected chi connectivity index (χ3v) is 11.7. The first-order valence-electron chi connectivity index (χ1n) is 19.9. The molecule has 0 N–H and O–H groups in total. The molecule has 0 saturated heterocycles. The fourth-order valence-electron chi connectivity index (χ4n) is 8.95. The van der Waals surface area contributed by atoms with Gasteiger partial charge in [-0.25, -0.2) is 15.0 Å². The van der Waals surface area contributed by atoms with Crippen molar-refractivity contribution in [2.75, 3.05) is 0 Å². The monoisotopic (exact) mass is 751 g/mol. The largest absolute Gasteiger partial charge is 0.455 e. The fraction of sp³-hybridized carbons (Fsp3) is 0. The average molecular weight is 752 g/mol. The lowest BCUT2D eigenvalue weighted by atomic mass is 9.87. The van der Waals surface area contributed by atoms with Crippen LogP contribution in [-0.4, -0.2) is 15.0 Å². The number of furan rings is 1. The third kappa shape index (κ3) is 5.42. The first-order chi connectivity index (χ1) is 29.2. The summed E-state index contributed by atoms with van der Waals surface area (Å²) < 4.78 is 6.70. The zero-order valence-electron chi connectivity index (χ0n) is 31.8. The van der Waals surface area contributed by atoms with Crippen LogP contribution >= 0.6 is 0 Å². The molecule has 0 aliphatic rings. The highest BCUT2D eigenvalue weighted by molar-refractivity contribution is 6.23. The van der Waals surface area contributed by atoms with Crippen molar-refractivity contribution < 1.29 is 4.42 Å². The molecule has 59 heavy (non-hydrogen) atoms. The van der Waals surface area contributed by atoms with E-state index in [-0.39, 0.29) is 0 Å². The molecule has 0 fully saturated rings. The summed E-state index contributed by atoms with van der Waals surface area (Å²) in [5.74, 6) is 1.91. The Labute approximate surface area is 339 Å². The first-order valence-corrected chi connectivity index (χ1v) is 19.9. The number of nitrogens with zero attached hydrogens (tertiary/aromatic N) is 3. The van der Waals surface area contributed by atoms with Crippen molar-refractivity contribution in [2.24, 2.45) is 0 Å². The van der Waals surface area contributed by atoms with Gasteiger partial charge in [-0.05, 0) is 84.2 Å². The molecule has 0 radical (unpaired) electrons. The Morgan fingerprint density at radius 2 is 0.814 bits per heavy atom. The van der Waals surface area contributed by atoms with Gasteiger partial charge < -0.3 is 4.42 Å². The Morgan fingerprint density at radius 1 is 0.288 bits per heavy atom. The van der Waals surface area contributed by atoms with Gasteiger partial charge >= 0.3 is 0 Å².